The van der Waals surface area contributed by atoms with E-state index in [-0.39, 0.29) is 26.1 Å². The summed E-state index contributed by atoms with van der Waals surface area (Å²) in [5.74, 6) is -0.958. The summed E-state index contributed by atoms with van der Waals surface area (Å²) in [7, 11) is 1.09. The molecule has 0 saturated heterocycles. The number of unbranched alkanes of at least 4 members (excludes halogenated alkanes) is 24. The number of allylic oxidation sites excluding steroid dienone is 6. The van der Waals surface area contributed by atoms with Crippen LogP contribution in [0.1, 0.15) is 213 Å². The fourth-order valence-electron chi connectivity index (χ4n) is 6.91. The predicted molar refractivity (Wildman–Crippen MR) is 260 cm³/mol. The van der Waals surface area contributed by atoms with E-state index in [0.717, 1.165) is 32.1 Å². The van der Waals surface area contributed by atoms with Gasteiger partial charge in [-0.3, -0.25) is 14.2 Å². The Kier molecular flexibility index (Phi) is 42.4. The molecular formula is C52H96NO9P. The van der Waals surface area contributed by atoms with E-state index in [4.69, 9.17) is 18.5 Å². The van der Waals surface area contributed by atoms with E-state index in [0.29, 0.717) is 36.7 Å². The Morgan fingerprint density at radius 1 is 0.587 bits per heavy atom. The Morgan fingerprint density at radius 3 is 1.63 bits per heavy atom. The number of quaternary nitrogens is 1. The van der Waals surface area contributed by atoms with Crippen LogP contribution in [0.3, 0.4) is 0 Å². The summed E-state index contributed by atoms with van der Waals surface area (Å²) in [5, 5.41) is 10.2. The molecule has 0 aliphatic heterocycles. The number of phosphoric acid groups is 1. The van der Waals surface area contributed by atoms with Crippen LogP contribution in [0.4, 0.5) is 0 Å². The third-order valence-corrected chi connectivity index (χ3v) is 11.9. The molecule has 0 heterocycles. The first kappa shape index (κ1) is 60.9. The zero-order valence-electron chi connectivity index (χ0n) is 41.1. The summed E-state index contributed by atoms with van der Waals surface area (Å²) in [6, 6.07) is 0. The lowest BCUT2D eigenvalue weighted by Gasteiger charge is -2.28. The van der Waals surface area contributed by atoms with Gasteiger partial charge < -0.3 is 33.0 Å². The molecule has 368 valence electrons. The second kappa shape index (κ2) is 43.8. The summed E-state index contributed by atoms with van der Waals surface area (Å²) in [5.41, 5.74) is 0. The smallest absolute Gasteiger partial charge is 0.306 e. The van der Waals surface area contributed by atoms with Crippen LogP contribution in [0.5, 0.6) is 0 Å². The summed E-state index contributed by atoms with van der Waals surface area (Å²) in [6.45, 7) is 4.06. The van der Waals surface area contributed by atoms with Crippen molar-refractivity contribution < 1.29 is 47.2 Å². The molecule has 63 heavy (non-hydrogen) atoms. The van der Waals surface area contributed by atoms with E-state index in [9.17, 15) is 24.2 Å². The van der Waals surface area contributed by atoms with Gasteiger partial charge in [0.15, 0.2) is 6.10 Å². The quantitative estimate of drug-likeness (QED) is 0.0158. The van der Waals surface area contributed by atoms with Gasteiger partial charge in [-0.15, -0.1) is 0 Å². The standard InChI is InChI=1S/C52H96NO9P/c1-6-8-10-12-14-16-17-18-19-20-21-22-23-24-25-26-27-29-31-35-40-44-52(56)62-50(48-61-63(57,58)60-46-45-53(3,4)5)47-59-51(55)43-39-36-32-34-38-42-49(54)41-37-33-30-28-15-13-11-9-7-2/h15,28,32-34,37-38,42,49-50,54H,6-14,16-27,29-31,35-36,39-41,43-48H2,1-5H3/b28-15-,34-32+,37-33-,42-38-/t49?,50-/m1/s1. The Labute approximate surface area is 386 Å². The lowest BCUT2D eigenvalue weighted by Crippen LogP contribution is -2.37. The Hall–Kier alpha value is -2.07. The summed E-state index contributed by atoms with van der Waals surface area (Å²) >= 11 is 0. The summed E-state index contributed by atoms with van der Waals surface area (Å²) < 4.78 is 33.9. The molecule has 0 amide bonds. The average Bonchev–Trinajstić information content (AvgIpc) is 3.23. The Bertz CT molecular complexity index is 1230. The lowest BCUT2D eigenvalue weighted by molar-refractivity contribution is -0.870. The maximum Gasteiger partial charge on any atom is 0.306 e. The minimum atomic E-state index is -4.66. The molecule has 0 aliphatic carbocycles. The molecule has 0 aliphatic rings. The van der Waals surface area contributed by atoms with E-state index in [1.807, 2.05) is 39.4 Å². The summed E-state index contributed by atoms with van der Waals surface area (Å²) in [6.07, 6.45) is 48.9. The van der Waals surface area contributed by atoms with E-state index in [2.05, 4.69) is 32.1 Å². The fraction of sp³-hybridized carbons (Fsp3) is 0.808. The minimum Gasteiger partial charge on any atom is -0.756 e. The number of rotatable bonds is 46. The second-order valence-corrected chi connectivity index (χ2v) is 19.8. The molecule has 0 spiro atoms. The van der Waals surface area contributed by atoms with Gasteiger partial charge in [-0.1, -0.05) is 204 Å². The molecule has 0 rings (SSSR count). The lowest BCUT2D eigenvalue weighted by atomic mass is 10.0. The number of ether oxygens (including phenoxy) is 2. The van der Waals surface area contributed by atoms with Crippen LogP contribution < -0.4 is 4.89 Å². The Balaban J connectivity index is 4.38. The second-order valence-electron chi connectivity index (χ2n) is 18.4. The highest BCUT2D eigenvalue weighted by Gasteiger charge is 2.21. The molecule has 0 radical (unpaired) electrons. The number of nitrogens with zero attached hydrogens (tertiary/aromatic N) is 1. The highest BCUT2D eigenvalue weighted by Crippen LogP contribution is 2.38. The molecular weight excluding hydrogens is 814 g/mol. The minimum absolute atomic E-state index is 0.0529. The molecule has 2 unspecified atom stereocenters. The van der Waals surface area contributed by atoms with Crippen molar-refractivity contribution in [1.29, 1.82) is 0 Å². The number of carbonyl (C=O) groups excluding carboxylic acids is 2. The largest absolute Gasteiger partial charge is 0.756 e. The highest BCUT2D eigenvalue weighted by molar-refractivity contribution is 7.45. The van der Waals surface area contributed by atoms with Crippen LogP contribution in [-0.2, 0) is 32.7 Å². The van der Waals surface area contributed by atoms with Crippen LogP contribution in [0.25, 0.3) is 0 Å². The van der Waals surface area contributed by atoms with Gasteiger partial charge in [0, 0.05) is 12.8 Å². The van der Waals surface area contributed by atoms with Crippen molar-refractivity contribution in [3.8, 4) is 0 Å². The van der Waals surface area contributed by atoms with Crippen LogP contribution in [0, 0.1) is 0 Å². The van der Waals surface area contributed by atoms with Gasteiger partial charge in [-0.05, 0) is 44.9 Å². The number of carbonyl (C=O) groups is 2. The SMILES string of the molecule is CCCCC/C=C\C/C=C\CC(O)/C=C\C=C\CCCC(=O)OC[C@H](COP(=O)([O-])OCC[N+](C)(C)C)OC(=O)CCCCCCCCCCCCCCCCCCCCCCC. The van der Waals surface area contributed by atoms with Gasteiger partial charge in [-0.25, -0.2) is 0 Å². The average molecular weight is 910 g/mol. The highest BCUT2D eigenvalue weighted by atomic mass is 31.2. The Morgan fingerprint density at radius 2 is 1.08 bits per heavy atom. The van der Waals surface area contributed by atoms with Gasteiger partial charge in [0.05, 0.1) is 33.9 Å². The number of likely N-dealkylation sites (N-methyl/N-ethyl adjacent to an activating group) is 1. The van der Waals surface area contributed by atoms with Crippen LogP contribution in [0.15, 0.2) is 48.6 Å². The third kappa shape index (κ3) is 47.7. The molecule has 0 fully saturated rings. The van der Waals surface area contributed by atoms with Crippen molar-refractivity contribution in [2.24, 2.45) is 0 Å². The van der Waals surface area contributed by atoms with Gasteiger partial charge in [0.25, 0.3) is 7.82 Å². The summed E-state index contributed by atoms with van der Waals surface area (Å²) in [4.78, 5) is 37.7. The third-order valence-electron chi connectivity index (χ3n) is 10.9. The van der Waals surface area contributed by atoms with Crippen molar-refractivity contribution >= 4 is 19.8 Å². The van der Waals surface area contributed by atoms with E-state index < -0.39 is 38.6 Å². The molecule has 0 bridgehead atoms. The number of esters is 2. The van der Waals surface area contributed by atoms with Crippen LogP contribution in [-0.4, -0.2) is 81.2 Å². The van der Waals surface area contributed by atoms with Crippen molar-refractivity contribution in [3.63, 3.8) is 0 Å². The monoisotopic (exact) mass is 910 g/mol. The maximum absolute atomic E-state index is 12.7. The van der Waals surface area contributed by atoms with Gasteiger partial charge in [0.2, 0.25) is 0 Å². The van der Waals surface area contributed by atoms with Gasteiger partial charge >= 0.3 is 11.9 Å². The molecule has 0 aromatic rings. The predicted octanol–water partition coefficient (Wildman–Crippen LogP) is 13.4. The zero-order chi connectivity index (χ0) is 46.5. The number of phosphoric ester groups is 1. The van der Waals surface area contributed by atoms with Crippen molar-refractivity contribution in [2.45, 2.75) is 225 Å². The van der Waals surface area contributed by atoms with Crippen LogP contribution in [0.2, 0.25) is 0 Å². The van der Waals surface area contributed by atoms with Gasteiger partial charge in [-0.2, -0.15) is 0 Å². The first-order chi connectivity index (χ1) is 30.4. The molecule has 3 atom stereocenters. The normalized spacial score (nSPS) is 14.3. The van der Waals surface area contributed by atoms with E-state index in [1.54, 1.807) is 12.2 Å². The number of aliphatic hydroxyl groups is 1. The topological polar surface area (TPSA) is 131 Å². The van der Waals surface area contributed by atoms with E-state index >= 15 is 0 Å². The van der Waals surface area contributed by atoms with Gasteiger partial charge in [0.1, 0.15) is 19.8 Å². The molecule has 0 saturated carbocycles. The first-order valence-corrected chi connectivity index (χ1v) is 26.9. The maximum atomic E-state index is 12.7. The van der Waals surface area contributed by atoms with Crippen molar-refractivity contribution in [2.75, 3.05) is 47.5 Å². The molecule has 10 nitrogen and oxygen atoms in total. The number of hydrogen-bond donors (Lipinski definition) is 1. The van der Waals surface area contributed by atoms with Crippen molar-refractivity contribution in [1.82, 2.24) is 0 Å². The zero-order valence-corrected chi connectivity index (χ0v) is 42.0. The fourth-order valence-corrected chi connectivity index (χ4v) is 7.63. The molecule has 11 heteroatoms. The number of hydrogen-bond acceptors (Lipinski definition) is 9. The van der Waals surface area contributed by atoms with Crippen molar-refractivity contribution in [3.05, 3.63) is 48.6 Å². The first-order valence-electron chi connectivity index (χ1n) is 25.5. The molecule has 0 aromatic heterocycles. The van der Waals surface area contributed by atoms with Crippen LogP contribution >= 0.6 is 7.82 Å². The van der Waals surface area contributed by atoms with E-state index in [1.165, 1.54) is 128 Å². The molecule has 1 N–H and O–H groups in total. The number of aliphatic hydroxyl groups excluding tert-OH is 1. The molecule has 0 aromatic carbocycles.